The number of aliphatic carboxylic acids is 1. The van der Waals surface area contributed by atoms with Crippen molar-refractivity contribution in [1.29, 1.82) is 0 Å². The Bertz CT molecular complexity index is 314. The molecule has 4 heteroatoms. The number of carbonyl (C=O) groups is 1. The van der Waals surface area contributed by atoms with E-state index in [1.165, 1.54) is 5.56 Å². The van der Waals surface area contributed by atoms with Gasteiger partial charge in [-0.15, -0.1) is 0 Å². The minimum atomic E-state index is -0.785. The van der Waals surface area contributed by atoms with E-state index in [0.717, 1.165) is 13.0 Å². The lowest BCUT2D eigenvalue weighted by molar-refractivity contribution is -0.142. The Morgan fingerprint density at radius 1 is 1.53 bits per heavy atom. The summed E-state index contributed by atoms with van der Waals surface area (Å²) in [4.78, 5) is 16.5. The molecule has 15 heavy (non-hydrogen) atoms. The Balaban J connectivity index is 2.41. The Morgan fingerprint density at radius 3 is 2.67 bits per heavy atom. The Labute approximate surface area is 89.6 Å². The zero-order chi connectivity index (χ0) is 11.3. The number of carboxylic acid groups (broad SMARTS) is 1. The zero-order valence-corrected chi connectivity index (χ0v) is 9.05. The van der Waals surface area contributed by atoms with Gasteiger partial charge in [0.05, 0.1) is 0 Å². The third kappa shape index (κ3) is 3.67. The largest absolute Gasteiger partial charge is 0.480 e. The van der Waals surface area contributed by atoms with Crippen LogP contribution in [0.1, 0.15) is 12.5 Å². The fourth-order valence-electron chi connectivity index (χ4n) is 1.24. The number of rotatable bonds is 5. The summed E-state index contributed by atoms with van der Waals surface area (Å²) in [6.45, 7) is 2.42. The van der Waals surface area contributed by atoms with Crippen LogP contribution in [-0.4, -0.2) is 40.6 Å². The molecule has 0 amide bonds. The van der Waals surface area contributed by atoms with Crippen LogP contribution in [-0.2, 0) is 11.2 Å². The van der Waals surface area contributed by atoms with Crippen molar-refractivity contribution >= 4 is 5.97 Å². The highest BCUT2D eigenvalue weighted by atomic mass is 16.4. The number of nitrogens with zero attached hydrogens (tertiary/aromatic N) is 2. The number of aromatic nitrogens is 1. The predicted octanol–water partition coefficient (Wildman–Crippen LogP) is 1.03. The molecule has 1 N–H and O–H groups in total. The monoisotopic (exact) mass is 208 g/mol. The fourth-order valence-corrected chi connectivity index (χ4v) is 1.24. The number of hydrogen-bond acceptors (Lipinski definition) is 3. The number of likely N-dealkylation sites (N-methyl/N-ethyl adjacent to an activating group) is 1. The molecule has 0 saturated carbocycles. The Hall–Kier alpha value is -1.42. The van der Waals surface area contributed by atoms with E-state index in [0.29, 0.717) is 0 Å². The zero-order valence-electron chi connectivity index (χ0n) is 9.05. The molecule has 0 fully saturated rings. The third-order valence-corrected chi connectivity index (χ3v) is 2.52. The lowest BCUT2D eigenvalue weighted by Gasteiger charge is -2.20. The van der Waals surface area contributed by atoms with Crippen LogP contribution in [0.3, 0.4) is 0 Å². The number of pyridine rings is 1. The average Bonchev–Trinajstić information content (AvgIpc) is 2.26. The summed E-state index contributed by atoms with van der Waals surface area (Å²) < 4.78 is 0. The molecule has 82 valence electrons. The molecular formula is C11H16N2O2. The summed E-state index contributed by atoms with van der Waals surface area (Å²) in [6, 6.07) is 3.45. The van der Waals surface area contributed by atoms with E-state index in [-0.39, 0.29) is 0 Å². The maximum Gasteiger partial charge on any atom is 0.320 e. The van der Waals surface area contributed by atoms with Crippen LogP contribution in [0.2, 0.25) is 0 Å². The first-order valence-corrected chi connectivity index (χ1v) is 4.93. The fraction of sp³-hybridized carbons (Fsp3) is 0.455. The second-order valence-electron chi connectivity index (χ2n) is 3.60. The highest BCUT2D eigenvalue weighted by molar-refractivity contribution is 5.72. The van der Waals surface area contributed by atoms with Crippen LogP contribution in [0, 0.1) is 0 Å². The quantitative estimate of drug-likeness (QED) is 0.785. The van der Waals surface area contributed by atoms with Crippen LogP contribution in [0.5, 0.6) is 0 Å². The van der Waals surface area contributed by atoms with Crippen molar-refractivity contribution in [2.24, 2.45) is 0 Å². The molecule has 0 bridgehead atoms. The molecule has 4 nitrogen and oxygen atoms in total. The van der Waals surface area contributed by atoms with Gasteiger partial charge in [-0.25, -0.2) is 0 Å². The van der Waals surface area contributed by atoms with Gasteiger partial charge in [0.2, 0.25) is 0 Å². The minimum Gasteiger partial charge on any atom is -0.480 e. The molecule has 0 aliphatic heterocycles. The van der Waals surface area contributed by atoms with Gasteiger partial charge in [0.25, 0.3) is 0 Å². The van der Waals surface area contributed by atoms with E-state index >= 15 is 0 Å². The summed E-state index contributed by atoms with van der Waals surface area (Å²) in [5.74, 6) is -0.785. The summed E-state index contributed by atoms with van der Waals surface area (Å²) in [5.41, 5.74) is 1.18. The van der Waals surface area contributed by atoms with Gasteiger partial charge in [-0.2, -0.15) is 0 Å². The molecule has 0 radical (unpaired) electrons. The molecule has 0 spiro atoms. The maximum atomic E-state index is 10.7. The summed E-state index contributed by atoms with van der Waals surface area (Å²) in [7, 11) is 1.82. The first kappa shape index (κ1) is 11.7. The van der Waals surface area contributed by atoms with Crippen molar-refractivity contribution in [1.82, 2.24) is 9.88 Å². The van der Waals surface area contributed by atoms with Crippen molar-refractivity contribution in [3.8, 4) is 0 Å². The van der Waals surface area contributed by atoms with Gasteiger partial charge in [0.15, 0.2) is 0 Å². The molecule has 1 heterocycles. The molecule has 0 aliphatic rings. The van der Waals surface area contributed by atoms with E-state index in [1.807, 2.05) is 24.1 Å². The maximum absolute atomic E-state index is 10.7. The van der Waals surface area contributed by atoms with Crippen molar-refractivity contribution in [3.05, 3.63) is 30.1 Å². The van der Waals surface area contributed by atoms with Crippen molar-refractivity contribution in [3.63, 3.8) is 0 Å². The normalized spacial score (nSPS) is 12.7. The smallest absolute Gasteiger partial charge is 0.320 e. The van der Waals surface area contributed by atoms with Gasteiger partial charge < -0.3 is 5.11 Å². The molecule has 1 aromatic heterocycles. The first-order valence-electron chi connectivity index (χ1n) is 4.93. The number of hydrogen-bond donors (Lipinski definition) is 1. The van der Waals surface area contributed by atoms with Gasteiger partial charge in [0, 0.05) is 18.9 Å². The second-order valence-corrected chi connectivity index (χ2v) is 3.60. The SMILES string of the molecule is CC(C(=O)O)N(C)CCc1ccncc1. The molecule has 1 atom stereocenters. The molecule has 0 aliphatic carbocycles. The van der Waals surface area contributed by atoms with Gasteiger partial charge >= 0.3 is 5.97 Å². The van der Waals surface area contributed by atoms with Crippen LogP contribution in [0.25, 0.3) is 0 Å². The standard InChI is InChI=1S/C11H16N2O2/c1-9(11(14)15)13(2)8-5-10-3-6-12-7-4-10/h3-4,6-7,9H,5,8H2,1-2H3,(H,14,15). The van der Waals surface area contributed by atoms with E-state index in [2.05, 4.69) is 4.98 Å². The van der Waals surface area contributed by atoms with E-state index in [4.69, 9.17) is 5.11 Å². The van der Waals surface area contributed by atoms with E-state index < -0.39 is 12.0 Å². The molecule has 0 saturated heterocycles. The lowest BCUT2D eigenvalue weighted by atomic mass is 10.2. The topological polar surface area (TPSA) is 53.4 Å². The number of carboxylic acids is 1. The van der Waals surface area contributed by atoms with Crippen molar-refractivity contribution in [2.75, 3.05) is 13.6 Å². The Kier molecular flexibility index (Phi) is 4.24. The highest BCUT2D eigenvalue weighted by Gasteiger charge is 2.15. The summed E-state index contributed by atoms with van der Waals surface area (Å²) in [5, 5.41) is 8.80. The second kappa shape index (κ2) is 5.46. The van der Waals surface area contributed by atoms with Gasteiger partial charge in [-0.3, -0.25) is 14.7 Å². The molecule has 1 rings (SSSR count). The summed E-state index contributed by atoms with van der Waals surface area (Å²) in [6.07, 6.45) is 4.34. The van der Waals surface area contributed by atoms with E-state index in [1.54, 1.807) is 19.3 Å². The average molecular weight is 208 g/mol. The van der Waals surface area contributed by atoms with Crippen molar-refractivity contribution < 1.29 is 9.90 Å². The minimum absolute atomic E-state index is 0.438. The van der Waals surface area contributed by atoms with Crippen LogP contribution >= 0.6 is 0 Å². The summed E-state index contributed by atoms with van der Waals surface area (Å²) >= 11 is 0. The van der Waals surface area contributed by atoms with Crippen molar-refractivity contribution in [2.45, 2.75) is 19.4 Å². The van der Waals surface area contributed by atoms with E-state index in [9.17, 15) is 4.79 Å². The molecule has 0 aromatic carbocycles. The molecule has 1 unspecified atom stereocenters. The highest BCUT2D eigenvalue weighted by Crippen LogP contribution is 2.01. The first-order chi connectivity index (χ1) is 7.11. The third-order valence-electron chi connectivity index (χ3n) is 2.52. The van der Waals surface area contributed by atoms with Gasteiger partial charge in [-0.1, -0.05) is 0 Å². The van der Waals surface area contributed by atoms with Gasteiger partial charge in [-0.05, 0) is 38.1 Å². The van der Waals surface area contributed by atoms with Gasteiger partial charge in [0.1, 0.15) is 6.04 Å². The van der Waals surface area contributed by atoms with Crippen LogP contribution in [0.15, 0.2) is 24.5 Å². The Morgan fingerprint density at radius 2 is 2.13 bits per heavy atom. The predicted molar refractivity (Wildman–Crippen MR) is 57.7 cm³/mol. The lowest BCUT2D eigenvalue weighted by Crippen LogP contribution is -2.37. The van der Waals surface area contributed by atoms with Crippen LogP contribution in [0.4, 0.5) is 0 Å². The molecule has 1 aromatic rings. The molecular weight excluding hydrogens is 192 g/mol. The van der Waals surface area contributed by atoms with Crippen LogP contribution < -0.4 is 0 Å².